The van der Waals surface area contributed by atoms with Crippen LogP contribution in [0.4, 0.5) is 0 Å². The first kappa shape index (κ1) is 25.4. The summed E-state index contributed by atoms with van der Waals surface area (Å²) in [5.41, 5.74) is 10.2. The van der Waals surface area contributed by atoms with Crippen molar-refractivity contribution >= 4 is 43.6 Å². The zero-order chi connectivity index (χ0) is 29.7. The van der Waals surface area contributed by atoms with Crippen LogP contribution < -0.4 is 0 Å². The van der Waals surface area contributed by atoms with Crippen LogP contribution in [0, 0.1) is 0 Å². The molecule has 0 spiro atoms. The van der Waals surface area contributed by atoms with Gasteiger partial charge in [0.1, 0.15) is 11.2 Å². The summed E-state index contributed by atoms with van der Waals surface area (Å²) in [6.45, 7) is 0. The van der Waals surface area contributed by atoms with E-state index in [0.717, 1.165) is 82.7 Å². The molecule has 0 unspecified atom stereocenters. The topological polar surface area (TPSA) is 38.9 Å². The van der Waals surface area contributed by atoms with Crippen LogP contribution in [0.15, 0.2) is 162 Å². The Morgan fingerprint density at radius 2 is 0.956 bits per heavy atom. The van der Waals surface area contributed by atoms with E-state index in [4.69, 9.17) is 14.4 Å². The Kier molecular flexibility index (Phi) is 5.82. The molecule has 0 aliphatic heterocycles. The van der Waals surface area contributed by atoms with Gasteiger partial charge in [-0.2, -0.15) is 0 Å². The molecule has 210 valence electrons. The van der Waals surface area contributed by atoms with Crippen molar-refractivity contribution in [2.45, 2.75) is 0 Å². The molecular weight excluding hydrogens is 548 g/mol. The van der Waals surface area contributed by atoms with E-state index in [1.54, 1.807) is 0 Å². The van der Waals surface area contributed by atoms with Crippen molar-refractivity contribution < 1.29 is 4.42 Å². The highest BCUT2D eigenvalue weighted by molar-refractivity contribution is 6.18. The first-order chi connectivity index (χ1) is 22.3. The minimum absolute atomic E-state index is 0.695. The minimum Gasteiger partial charge on any atom is -0.455 e. The van der Waals surface area contributed by atoms with Crippen molar-refractivity contribution in [3.05, 3.63) is 158 Å². The Labute approximate surface area is 260 Å². The Hall–Kier alpha value is -6.06. The lowest BCUT2D eigenvalue weighted by atomic mass is 9.95. The molecule has 9 aromatic rings. The Morgan fingerprint density at radius 1 is 0.378 bits per heavy atom. The lowest BCUT2D eigenvalue weighted by Gasteiger charge is -2.14. The van der Waals surface area contributed by atoms with E-state index in [2.05, 4.69) is 127 Å². The van der Waals surface area contributed by atoms with Gasteiger partial charge in [-0.1, -0.05) is 121 Å². The molecule has 0 bridgehead atoms. The smallest absolute Gasteiger partial charge is 0.160 e. The van der Waals surface area contributed by atoms with Crippen molar-refractivity contribution in [1.82, 2.24) is 9.97 Å². The van der Waals surface area contributed by atoms with Crippen LogP contribution in [0.1, 0.15) is 0 Å². The van der Waals surface area contributed by atoms with Crippen molar-refractivity contribution in [1.29, 1.82) is 0 Å². The molecule has 2 heterocycles. The molecule has 0 atom stereocenters. The fraction of sp³-hybridized carbons (Fsp3) is 0. The molecule has 7 aromatic carbocycles. The van der Waals surface area contributed by atoms with E-state index in [1.165, 1.54) is 0 Å². The van der Waals surface area contributed by atoms with E-state index >= 15 is 0 Å². The zero-order valence-electron chi connectivity index (χ0n) is 24.3. The summed E-state index contributed by atoms with van der Waals surface area (Å²) in [6.07, 6.45) is 0. The minimum atomic E-state index is 0.695. The number of benzene rings is 7. The van der Waals surface area contributed by atoms with E-state index in [9.17, 15) is 0 Å². The van der Waals surface area contributed by atoms with E-state index in [0.29, 0.717) is 5.82 Å². The fourth-order valence-electron chi connectivity index (χ4n) is 6.51. The van der Waals surface area contributed by atoms with Gasteiger partial charge in [0.2, 0.25) is 0 Å². The van der Waals surface area contributed by atoms with Crippen LogP contribution >= 0.6 is 0 Å². The Bertz CT molecular complexity index is 2470. The summed E-state index contributed by atoms with van der Waals surface area (Å²) in [5, 5.41) is 5.43. The number of hydrogen-bond acceptors (Lipinski definition) is 3. The molecule has 3 nitrogen and oxygen atoms in total. The van der Waals surface area contributed by atoms with Gasteiger partial charge in [-0.05, 0) is 64.0 Å². The molecule has 45 heavy (non-hydrogen) atoms. The number of furan rings is 1. The number of nitrogens with zero attached hydrogens (tertiary/aromatic N) is 2. The third kappa shape index (κ3) is 4.29. The highest BCUT2D eigenvalue weighted by Crippen LogP contribution is 2.40. The third-order valence-corrected chi connectivity index (χ3v) is 8.67. The second-order valence-corrected chi connectivity index (χ2v) is 11.4. The molecule has 0 saturated carbocycles. The quantitative estimate of drug-likeness (QED) is 0.210. The van der Waals surface area contributed by atoms with Gasteiger partial charge in [-0.15, -0.1) is 0 Å². The SMILES string of the molecule is c1ccc(-c2cc(-c3ccccc3)cc(-c3nc(-c4cccc5c4ccc4c6ccccc6oc54)c4ccccc4n3)c2)cc1. The van der Waals surface area contributed by atoms with Crippen LogP contribution in [-0.2, 0) is 0 Å². The van der Waals surface area contributed by atoms with Gasteiger partial charge in [-0.3, -0.25) is 0 Å². The molecule has 0 fully saturated rings. The molecule has 0 N–H and O–H groups in total. The summed E-state index contributed by atoms with van der Waals surface area (Å²) in [5.74, 6) is 0.695. The standard InChI is InChI=1S/C42H26N2O/c1-3-12-27(13-4-1)29-24-30(28-14-5-2-6-15-28)26-31(25-29)42-43-38-20-9-7-17-37(38)40(44-42)34-18-11-19-35-32(34)22-23-36-33-16-8-10-21-39(33)45-41(35)36/h1-26H. The highest BCUT2D eigenvalue weighted by Gasteiger charge is 2.17. The van der Waals surface area contributed by atoms with Gasteiger partial charge in [-0.25, -0.2) is 9.97 Å². The maximum absolute atomic E-state index is 6.41. The lowest BCUT2D eigenvalue weighted by Crippen LogP contribution is -1.96. The monoisotopic (exact) mass is 574 g/mol. The van der Waals surface area contributed by atoms with Gasteiger partial charge in [0, 0.05) is 32.7 Å². The first-order valence-corrected chi connectivity index (χ1v) is 15.2. The molecule has 0 aliphatic carbocycles. The van der Waals surface area contributed by atoms with Gasteiger partial charge in [0.05, 0.1) is 11.2 Å². The molecular formula is C42H26N2O. The number of para-hydroxylation sites is 2. The number of aromatic nitrogens is 2. The van der Waals surface area contributed by atoms with Crippen molar-refractivity contribution in [2.75, 3.05) is 0 Å². The summed E-state index contributed by atoms with van der Waals surface area (Å²) < 4.78 is 6.41. The molecule has 0 saturated heterocycles. The second kappa shape index (κ2) is 10.3. The molecule has 2 aromatic heterocycles. The summed E-state index contributed by atoms with van der Waals surface area (Å²) in [6, 6.07) is 55.0. The second-order valence-electron chi connectivity index (χ2n) is 11.4. The van der Waals surface area contributed by atoms with E-state index in [1.807, 2.05) is 30.3 Å². The summed E-state index contributed by atoms with van der Waals surface area (Å²) in [4.78, 5) is 10.5. The van der Waals surface area contributed by atoms with Crippen molar-refractivity contribution in [3.63, 3.8) is 0 Å². The Balaban J connectivity index is 1.30. The maximum atomic E-state index is 6.41. The average molecular weight is 575 g/mol. The molecule has 0 aliphatic rings. The average Bonchev–Trinajstić information content (AvgIpc) is 3.51. The third-order valence-electron chi connectivity index (χ3n) is 8.67. The van der Waals surface area contributed by atoms with Crippen LogP contribution in [0.5, 0.6) is 0 Å². The molecule has 9 rings (SSSR count). The van der Waals surface area contributed by atoms with Gasteiger partial charge >= 0.3 is 0 Å². The van der Waals surface area contributed by atoms with Crippen LogP contribution in [0.2, 0.25) is 0 Å². The summed E-state index contributed by atoms with van der Waals surface area (Å²) in [7, 11) is 0. The number of hydrogen-bond donors (Lipinski definition) is 0. The van der Waals surface area contributed by atoms with Crippen molar-refractivity contribution in [3.8, 4) is 44.9 Å². The van der Waals surface area contributed by atoms with Gasteiger partial charge in [0.25, 0.3) is 0 Å². The van der Waals surface area contributed by atoms with Gasteiger partial charge < -0.3 is 4.42 Å². The normalized spacial score (nSPS) is 11.6. The van der Waals surface area contributed by atoms with E-state index < -0.39 is 0 Å². The van der Waals surface area contributed by atoms with Gasteiger partial charge in [0.15, 0.2) is 5.82 Å². The van der Waals surface area contributed by atoms with Crippen molar-refractivity contribution in [2.24, 2.45) is 0 Å². The number of rotatable bonds is 4. The van der Waals surface area contributed by atoms with Crippen LogP contribution in [-0.4, -0.2) is 9.97 Å². The lowest BCUT2D eigenvalue weighted by molar-refractivity contribution is 0.672. The molecule has 3 heteroatoms. The van der Waals surface area contributed by atoms with Crippen LogP contribution in [0.25, 0.3) is 88.5 Å². The predicted octanol–water partition coefficient (Wildman–Crippen LogP) is 11.4. The number of fused-ring (bicyclic) bond motifs is 6. The Morgan fingerprint density at radius 3 is 1.71 bits per heavy atom. The maximum Gasteiger partial charge on any atom is 0.160 e. The van der Waals surface area contributed by atoms with E-state index in [-0.39, 0.29) is 0 Å². The van der Waals surface area contributed by atoms with Crippen LogP contribution in [0.3, 0.4) is 0 Å². The fourth-order valence-corrected chi connectivity index (χ4v) is 6.51. The highest BCUT2D eigenvalue weighted by atomic mass is 16.3. The first-order valence-electron chi connectivity index (χ1n) is 15.2. The largest absolute Gasteiger partial charge is 0.455 e. The molecule has 0 radical (unpaired) electrons. The predicted molar refractivity (Wildman–Crippen MR) is 186 cm³/mol. The summed E-state index contributed by atoms with van der Waals surface area (Å²) >= 11 is 0. The molecule has 0 amide bonds. The zero-order valence-corrected chi connectivity index (χ0v) is 24.3.